The number of nitrogens with one attached hydrogen (secondary N) is 1. The number of amidine groups is 1. The molecular weight excluding hydrogens is 226 g/mol. The van der Waals surface area contributed by atoms with Gasteiger partial charge in [0.25, 0.3) is 0 Å². The molecule has 0 radical (unpaired) electrons. The molecule has 0 aliphatic carbocycles. The lowest BCUT2D eigenvalue weighted by Crippen LogP contribution is -2.48. The molecule has 1 saturated heterocycles. The lowest BCUT2D eigenvalue weighted by atomic mass is 10.1. The van der Waals surface area contributed by atoms with Gasteiger partial charge in [-0.1, -0.05) is 45.4 Å². The van der Waals surface area contributed by atoms with Crippen molar-refractivity contribution in [3.8, 4) is 0 Å². The zero-order chi connectivity index (χ0) is 13.2. The summed E-state index contributed by atoms with van der Waals surface area (Å²) in [7, 11) is 0. The molecule has 0 bridgehead atoms. The van der Waals surface area contributed by atoms with Gasteiger partial charge >= 0.3 is 0 Å². The summed E-state index contributed by atoms with van der Waals surface area (Å²) in [6.07, 6.45) is 9.24. The third-order valence-electron chi connectivity index (χ3n) is 3.58. The Morgan fingerprint density at radius 1 is 1.22 bits per heavy atom. The first-order valence-electron chi connectivity index (χ1n) is 7.42. The highest BCUT2D eigenvalue weighted by atomic mass is 16.5. The number of morpholine rings is 1. The van der Waals surface area contributed by atoms with Gasteiger partial charge in [0.1, 0.15) is 11.9 Å². The van der Waals surface area contributed by atoms with Crippen LogP contribution in [0.1, 0.15) is 51.9 Å². The van der Waals surface area contributed by atoms with Gasteiger partial charge in [-0.3, -0.25) is 10.3 Å². The van der Waals surface area contributed by atoms with E-state index in [1.165, 1.54) is 44.9 Å². The second-order valence-electron chi connectivity index (χ2n) is 5.24. The number of hydrogen-bond donors (Lipinski definition) is 2. The van der Waals surface area contributed by atoms with E-state index in [2.05, 4.69) is 11.8 Å². The van der Waals surface area contributed by atoms with Crippen molar-refractivity contribution in [2.75, 3.05) is 26.2 Å². The van der Waals surface area contributed by atoms with Gasteiger partial charge in [-0.15, -0.1) is 0 Å². The van der Waals surface area contributed by atoms with Gasteiger partial charge in [0, 0.05) is 13.1 Å². The fraction of sp³-hybridized carbons (Fsp3) is 0.929. The van der Waals surface area contributed by atoms with Crippen molar-refractivity contribution >= 4 is 5.84 Å². The van der Waals surface area contributed by atoms with E-state index < -0.39 is 0 Å². The number of nitrogens with zero attached hydrogens (tertiary/aromatic N) is 1. The predicted molar refractivity (Wildman–Crippen MR) is 76.1 cm³/mol. The monoisotopic (exact) mass is 255 g/mol. The summed E-state index contributed by atoms with van der Waals surface area (Å²) in [6, 6.07) is 0. The van der Waals surface area contributed by atoms with Crippen LogP contribution in [0.15, 0.2) is 0 Å². The van der Waals surface area contributed by atoms with Crippen LogP contribution in [0.5, 0.6) is 0 Å². The van der Waals surface area contributed by atoms with Crippen LogP contribution in [0.2, 0.25) is 0 Å². The molecule has 1 unspecified atom stereocenters. The van der Waals surface area contributed by atoms with Crippen LogP contribution in [0.4, 0.5) is 0 Å². The van der Waals surface area contributed by atoms with Crippen molar-refractivity contribution in [2.24, 2.45) is 5.73 Å². The Morgan fingerprint density at radius 3 is 2.56 bits per heavy atom. The van der Waals surface area contributed by atoms with Crippen molar-refractivity contribution in [3.05, 3.63) is 0 Å². The second kappa shape index (κ2) is 9.34. The van der Waals surface area contributed by atoms with Crippen LogP contribution >= 0.6 is 0 Å². The predicted octanol–water partition coefficient (Wildman–Crippen LogP) is 2.37. The molecule has 1 atom stereocenters. The van der Waals surface area contributed by atoms with Gasteiger partial charge in [-0.2, -0.15) is 0 Å². The normalized spacial score (nSPS) is 21.1. The first kappa shape index (κ1) is 15.4. The molecule has 1 aliphatic rings. The summed E-state index contributed by atoms with van der Waals surface area (Å²) in [4.78, 5) is 2.38. The highest BCUT2D eigenvalue weighted by molar-refractivity contribution is 5.82. The van der Waals surface area contributed by atoms with E-state index in [9.17, 15) is 0 Å². The first-order valence-corrected chi connectivity index (χ1v) is 7.42. The third-order valence-corrected chi connectivity index (χ3v) is 3.58. The smallest absolute Gasteiger partial charge is 0.127 e. The van der Waals surface area contributed by atoms with Gasteiger partial charge < -0.3 is 10.5 Å². The topological polar surface area (TPSA) is 62.3 Å². The summed E-state index contributed by atoms with van der Waals surface area (Å²) in [6.45, 7) is 5.87. The second-order valence-corrected chi connectivity index (χ2v) is 5.24. The largest absolute Gasteiger partial charge is 0.385 e. The van der Waals surface area contributed by atoms with Gasteiger partial charge in [0.15, 0.2) is 0 Å². The zero-order valence-corrected chi connectivity index (χ0v) is 11.8. The lowest BCUT2D eigenvalue weighted by molar-refractivity contribution is 0.00511. The quantitative estimate of drug-likeness (QED) is 0.378. The Kier molecular flexibility index (Phi) is 8.01. The van der Waals surface area contributed by atoms with Crippen LogP contribution in [0.3, 0.4) is 0 Å². The Labute approximate surface area is 111 Å². The van der Waals surface area contributed by atoms with Crippen LogP contribution < -0.4 is 5.73 Å². The zero-order valence-electron chi connectivity index (χ0n) is 11.8. The van der Waals surface area contributed by atoms with Gasteiger partial charge in [0.05, 0.1) is 6.61 Å². The Hall–Kier alpha value is -0.610. The van der Waals surface area contributed by atoms with E-state index in [0.717, 1.165) is 19.6 Å². The molecular formula is C14H29N3O. The summed E-state index contributed by atoms with van der Waals surface area (Å²) < 4.78 is 5.45. The summed E-state index contributed by atoms with van der Waals surface area (Å²) in [5, 5.41) is 7.41. The number of hydrogen-bond acceptors (Lipinski definition) is 3. The lowest BCUT2D eigenvalue weighted by Gasteiger charge is -2.32. The first-order chi connectivity index (χ1) is 8.74. The molecule has 106 valence electrons. The molecule has 0 spiro atoms. The van der Waals surface area contributed by atoms with Gasteiger partial charge in [-0.05, 0) is 13.0 Å². The fourth-order valence-electron chi connectivity index (χ4n) is 2.39. The highest BCUT2D eigenvalue weighted by Gasteiger charge is 2.21. The SMILES string of the molecule is CCCCCCCCCN1CCOC(C(=N)N)C1. The molecule has 4 nitrogen and oxygen atoms in total. The molecule has 3 N–H and O–H groups in total. The molecule has 1 heterocycles. The molecule has 0 aromatic heterocycles. The maximum atomic E-state index is 7.41. The maximum Gasteiger partial charge on any atom is 0.127 e. The fourth-order valence-corrected chi connectivity index (χ4v) is 2.39. The number of unbranched alkanes of at least 4 members (excludes halogenated alkanes) is 6. The Morgan fingerprint density at radius 2 is 1.89 bits per heavy atom. The molecule has 4 heteroatoms. The van der Waals surface area contributed by atoms with Crippen molar-refractivity contribution in [1.29, 1.82) is 5.41 Å². The summed E-state index contributed by atoms with van der Waals surface area (Å²) >= 11 is 0. The van der Waals surface area contributed by atoms with Crippen molar-refractivity contribution < 1.29 is 4.74 Å². The minimum Gasteiger partial charge on any atom is -0.385 e. The van der Waals surface area contributed by atoms with E-state index >= 15 is 0 Å². The van der Waals surface area contributed by atoms with Crippen LogP contribution in [-0.2, 0) is 4.74 Å². The molecule has 1 aliphatic heterocycles. The van der Waals surface area contributed by atoms with Crippen molar-refractivity contribution in [2.45, 2.75) is 58.0 Å². The molecule has 1 rings (SSSR count). The molecule has 1 fully saturated rings. The van der Waals surface area contributed by atoms with Gasteiger partial charge in [-0.25, -0.2) is 0 Å². The van der Waals surface area contributed by atoms with Crippen molar-refractivity contribution in [3.63, 3.8) is 0 Å². The van der Waals surface area contributed by atoms with E-state index in [0.29, 0.717) is 6.61 Å². The average molecular weight is 255 g/mol. The number of rotatable bonds is 9. The Bertz CT molecular complexity index is 233. The Balaban J connectivity index is 2.00. The molecule has 0 aromatic carbocycles. The maximum absolute atomic E-state index is 7.41. The van der Waals surface area contributed by atoms with E-state index in [4.69, 9.17) is 15.9 Å². The standard InChI is InChI=1S/C14H29N3O/c1-2-3-4-5-6-7-8-9-17-10-11-18-13(12-17)14(15)16/h13H,2-12H2,1H3,(H3,15,16). The molecule has 18 heavy (non-hydrogen) atoms. The van der Waals surface area contributed by atoms with E-state index in [1.54, 1.807) is 0 Å². The molecule has 0 saturated carbocycles. The molecule has 0 aromatic rings. The van der Waals surface area contributed by atoms with Crippen LogP contribution in [0.25, 0.3) is 0 Å². The number of nitrogens with two attached hydrogens (primary N) is 1. The van der Waals surface area contributed by atoms with Crippen molar-refractivity contribution in [1.82, 2.24) is 4.90 Å². The summed E-state index contributed by atoms with van der Waals surface area (Å²) in [5.41, 5.74) is 5.48. The minimum atomic E-state index is -0.177. The van der Waals surface area contributed by atoms with Gasteiger partial charge in [0.2, 0.25) is 0 Å². The van der Waals surface area contributed by atoms with Crippen LogP contribution in [-0.4, -0.2) is 43.1 Å². The number of ether oxygens (including phenoxy) is 1. The average Bonchev–Trinajstić information content (AvgIpc) is 2.38. The summed E-state index contributed by atoms with van der Waals surface area (Å²) in [5.74, 6) is 0.166. The minimum absolute atomic E-state index is 0.166. The van der Waals surface area contributed by atoms with E-state index in [-0.39, 0.29) is 11.9 Å². The third kappa shape index (κ3) is 6.36. The molecule has 0 amide bonds. The van der Waals surface area contributed by atoms with Crippen LogP contribution in [0, 0.1) is 5.41 Å². The highest BCUT2D eigenvalue weighted by Crippen LogP contribution is 2.10. The van der Waals surface area contributed by atoms with E-state index in [1.807, 2.05) is 0 Å².